The number of rotatable bonds is 5. The van der Waals surface area contributed by atoms with Gasteiger partial charge in [-0.3, -0.25) is 0 Å². The van der Waals surface area contributed by atoms with Gasteiger partial charge in [0, 0.05) is 5.54 Å². The number of benzene rings is 1. The van der Waals surface area contributed by atoms with Crippen LogP contribution in [0.2, 0.25) is 0 Å². The fourth-order valence-corrected chi connectivity index (χ4v) is 1.80. The average molecular weight is 235 g/mol. The van der Waals surface area contributed by atoms with Gasteiger partial charge >= 0.3 is 0 Å². The topological polar surface area (TPSA) is 35.2 Å². The molecule has 2 N–H and O–H groups in total. The van der Waals surface area contributed by atoms with Crippen LogP contribution >= 0.6 is 0 Å². The van der Waals surface area contributed by atoms with Crippen LogP contribution in [0.3, 0.4) is 0 Å². The first-order valence-corrected chi connectivity index (χ1v) is 6.35. The minimum absolute atomic E-state index is 0.195. The van der Waals surface area contributed by atoms with Crippen molar-refractivity contribution in [2.24, 2.45) is 11.7 Å². The summed E-state index contributed by atoms with van der Waals surface area (Å²) < 4.78 is 5.41. The van der Waals surface area contributed by atoms with Gasteiger partial charge in [0.1, 0.15) is 5.75 Å². The van der Waals surface area contributed by atoms with E-state index in [1.165, 1.54) is 11.1 Å². The second kappa shape index (κ2) is 5.54. The SMILES string of the molecule is CCc1ccc(OC)c(CC(C)(N)C(C)C)c1. The molecule has 0 saturated carbocycles. The van der Waals surface area contributed by atoms with Crippen molar-refractivity contribution in [2.45, 2.75) is 46.1 Å². The summed E-state index contributed by atoms with van der Waals surface area (Å²) in [6, 6.07) is 6.38. The lowest BCUT2D eigenvalue weighted by atomic mass is 9.83. The van der Waals surface area contributed by atoms with Gasteiger partial charge in [0.25, 0.3) is 0 Å². The third kappa shape index (κ3) is 3.47. The summed E-state index contributed by atoms with van der Waals surface area (Å²) in [5.74, 6) is 1.39. The molecular formula is C15H25NO. The summed E-state index contributed by atoms with van der Waals surface area (Å²) in [4.78, 5) is 0. The summed E-state index contributed by atoms with van der Waals surface area (Å²) in [6.45, 7) is 8.59. The second-order valence-corrected chi connectivity index (χ2v) is 5.34. The third-order valence-corrected chi connectivity index (χ3v) is 3.64. The molecule has 0 aliphatic heterocycles. The Hall–Kier alpha value is -1.02. The zero-order valence-electron chi connectivity index (χ0n) is 11.7. The summed E-state index contributed by atoms with van der Waals surface area (Å²) in [5.41, 5.74) is 8.70. The molecule has 0 saturated heterocycles. The molecular weight excluding hydrogens is 210 g/mol. The van der Waals surface area contributed by atoms with Crippen molar-refractivity contribution in [3.8, 4) is 5.75 Å². The Balaban J connectivity index is 3.03. The van der Waals surface area contributed by atoms with Crippen LogP contribution in [0.1, 0.15) is 38.8 Å². The first-order valence-electron chi connectivity index (χ1n) is 6.35. The van der Waals surface area contributed by atoms with Crippen molar-refractivity contribution in [2.75, 3.05) is 7.11 Å². The van der Waals surface area contributed by atoms with Crippen LogP contribution in [-0.4, -0.2) is 12.6 Å². The van der Waals surface area contributed by atoms with Gasteiger partial charge in [-0.25, -0.2) is 0 Å². The fourth-order valence-electron chi connectivity index (χ4n) is 1.80. The lowest BCUT2D eigenvalue weighted by Gasteiger charge is -2.30. The molecule has 0 fully saturated rings. The number of hydrogen-bond donors (Lipinski definition) is 1. The Bertz CT molecular complexity index is 369. The van der Waals surface area contributed by atoms with Gasteiger partial charge in [0.15, 0.2) is 0 Å². The molecule has 1 rings (SSSR count). The fraction of sp³-hybridized carbons (Fsp3) is 0.600. The summed E-state index contributed by atoms with van der Waals surface area (Å²) >= 11 is 0. The molecule has 17 heavy (non-hydrogen) atoms. The minimum atomic E-state index is -0.195. The van der Waals surface area contributed by atoms with E-state index in [-0.39, 0.29) is 5.54 Å². The van der Waals surface area contributed by atoms with Gasteiger partial charge in [-0.1, -0.05) is 32.9 Å². The lowest BCUT2D eigenvalue weighted by Crippen LogP contribution is -2.43. The zero-order valence-corrected chi connectivity index (χ0v) is 11.7. The number of ether oxygens (including phenoxy) is 1. The van der Waals surface area contributed by atoms with Crippen molar-refractivity contribution >= 4 is 0 Å². The summed E-state index contributed by atoms with van der Waals surface area (Å²) in [5, 5.41) is 0. The number of nitrogens with two attached hydrogens (primary N) is 1. The Morgan fingerprint density at radius 1 is 1.35 bits per heavy atom. The first-order chi connectivity index (χ1) is 7.90. The van der Waals surface area contributed by atoms with Crippen molar-refractivity contribution < 1.29 is 4.74 Å². The molecule has 0 amide bonds. The van der Waals surface area contributed by atoms with E-state index in [9.17, 15) is 0 Å². The lowest BCUT2D eigenvalue weighted by molar-refractivity contribution is 0.330. The van der Waals surface area contributed by atoms with Crippen molar-refractivity contribution in [1.82, 2.24) is 0 Å². The van der Waals surface area contributed by atoms with E-state index in [1.807, 2.05) is 6.07 Å². The van der Waals surface area contributed by atoms with Crippen LogP contribution in [0.4, 0.5) is 0 Å². The molecule has 1 unspecified atom stereocenters. The number of aryl methyl sites for hydroxylation is 1. The molecule has 0 radical (unpaired) electrons. The van der Waals surface area contributed by atoms with Crippen molar-refractivity contribution in [1.29, 1.82) is 0 Å². The molecule has 0 spiro atoms. The highest BCUT2D eigenvalue weighted by Crippen LogP contribution is 2.27. The molecule has 1 atom stereocenters. The van der Waals surface area contributed by atoms with Gasteiger partial charge in [0.05, 0.1) is 7.11 Å². The highest BCUT2D eigenvalue weighted by molar-refractivity contribution is 5.38. The molecule has 2 nitrogen and oxygen atoms in total. The van der Waals surface area contributed by atoms with Crippen LogP contribution in [0.5, 0.6) is 5.75 Å². The maximum Gasteiger partial charge on any atom is 0.122 e. The molecule has 0 bridgehead atoms. The third-order valence-electron chi connectivity index (χ3n) is 3.64. The van der Waals surface area contributed by atoms with Crippen LogP contribution in [-0.2, 0) is 12.8 Å². The average Bonchev–Trinajstić information content (AvgIpc) is 2.28. The second-order valence-electron chi connectivity index (χ2n) is 5.34. The largest absolute Gasteiger partial charge is 0.496 e. The van der Waals surface area contributed by atoms with Crippen LogP contribution in [0.25, 0.3) is 0 Å². The van der Waals surface area contributed by atoms with Crippen LogP contribution in [0, 0.1) is 5.92 Å². The van der Waals surface area contributed by atoms with Crippen LogP contribution in [0.15, 0.2) is 18.2 Å². The number of methoxy groups -OCH3 is 1. The standard InChI is InChI=1S/C15H25NO/c1-6-12-7-8-14(17-5)13(9-12)10-15(4,16)11(2)3/h7-9,11H,6,10,16H2,1-5H3. The first kappa shape index (κ1) is 14.0. The van der Waals surface area contributed by atoms with E-state index in [0.29, 0.717) is 5.92 Å². The van der Waals surface area contributed by atoms with Gasteiger partial charge < -0.3 is 10.5 Å². The van der Waals surface area contributed by atoms with Crippen molar-refractivity contribution in [3.05, 3.63) is 29.3 Å². The Labute approximate surface area is 105 Å². The zero-order chi connectivity index (χ0) is 13.1. The van der Waals surface area contributed by atoms with Gasteiger partial charge in [-0.2, -0.15) is 0 Å². The van der Waals surface area contributed by atoms with Gasteiger partial charge in [-0.15, -0.1) is 0 Å². The molecule has 0 aromatic heterocycles. The Morgan fingerprint density at radius 3 is 2.47 bits per heavy atom. The molecule has 0 aliphatic rings. The van der Waals surface area contributed by atoms with Crippen molar-refractivity contribution in [3.63, 3.8) is 0 Å². The minimum Gasteiger partial charge on any atom is -0.496 e. The van der Waals surface area contributed by atoms with E-state index < -0.39 is 0 Å². The van der Waals surface area contributed by atoms with Gasteiger partial charge in [0.2, 0.25) is 0 Å². The highest BCUT2D eigenvalue weighted by Gasteiger charge is 2.24. The maximum atomic E-state index is 6.35. The molecule has 1 aromatic rings. The molecule has 2 heteroatoms. The van der Waals surface area contributed by atoms with Gasteiger partial charge in [-0.05, 0) is 42.9 Å². The van der Waals surface area contributed by atoms with E-state index in [0.717, 1.165) is 18.6 Å². The maximum absolute atomic E-state index is 6.35. The summed E-state index contributed by atoms with van der Waals surface area (Å²) in [7, 11) is 1.72. The van der Waals surface area contributed by atoms with E-state index >= 15 is 0 Å². The molecule has 0 heterocycles. The summed E-state index contributed by atoms with van der Waals surface area (Å²) in [6.07, 6.45) is 1.89. The smallest absolute Gasteiger partial charge is 0.122 e. The highest BCUT2D eigenvalue weighted by atomic mass is 16.5. The van der Waals surface area contributed by atoms with Crippen LogP contribution < -0.4 is 10.5 Å². The van der Waals surface area contributed by atoms with E-state index in [4.69, 9.17) is 10.5 Å². The normalized spacial score (nSPS) is 14.8. The quantitative estimate of drug-likeness (QED) is 0.850. The monoisotopic (exact) mass is 235 g/mol. The Morgan fingerprint density at radius 2 is 2.00 bits per heavy atom. The predicted molar refractivity (Wildman–Crippen MR) is 73.5 cm³/mol. The molecule has 96 valence electrons. The van der Waals surface area contributed by atoms with E-state index in [1.54, 1.807) is 7.11 Å². The molecule has 0 aliphatic carbocycles. The number of hydrogen-bond acceptors (Lipinski definition) is 2. The molecule has 1 aromatic carbocycles. The predicted octanol–water partition coefficient (Wildman–Crippen LogP) is 3.17. The van der Waals surface area contributed by atoms with E-state index in [2.05, 4.69) is 39.8 Å². The Kier molecular flexibility index (Phi) is 4.58.